The molecule has 0 aromatic carbocycles. The van der Waals surface area contributed by atoms with E-state index in [0.29, 0.717) is 19.5 Å². The van der Waals surface area contributed by atoms with Gasteiger partial charge in [-0.15, -0.1) is 0 Å². The average molecular weight is 258 g/mol. The summed E-state index contributed by atoms with van der Waals surface area (Å²) in [5.41, 5.74) is -0.00865. The Bertz CT molecular complexity index is 265. The molecule has 106 valence electrons. The molecule has 0 aromatic heterocycles. The molecule has 0 aliphatic rings. The Morgan fingerprint density at radius 1 is 1.17 bits per heavy atom. The molecule has 0 radical (unpaired) electrons. The van der Waals surface area contributed by atoms with E-state index in [1.807, 2.05) is 6.92 Å². The molecule has 0 aliphatic heterocycles. The molecular weight excluding hydrogens is 232 g/mol. The van der Waals surface area contributed by atoms with Gasteiger partial charge in [-0.3, -0.25) is 9.59 Å². The largest absolute Gasteiger partial charge is 0.481 e. The summed E-state index contributed by atoms with van der Waals surface area (Å²) in [6.45, 7) is 7.88. The van der Waals surface area contributed by atoms with Crippen LogP contribution in [0, 0.1) is 5.41 Å². The van der Waals surface area contributed by atoms with Gasteiger partial charge in [-0.2, -0.15) is 0 Å². The van der Waals surface area contributed by atoms with Gasteiger partial charge in [0, 0.05) is 13.0 Å². The number of carboxylic acid groups (broad SMARTS) is 1. The Morgan fingerprint density at radius 2 is 1.83 bits per heavy atom. The Labute approximate surface area is 109 Å². The van der Waals surface area contributed by atoms with Gasteiger partial charge in [0.1, 0.15) is 0 Å². The van der Waals surface area contributed by atoms with Crippen molar-refractivity contribution >= 4 is 11.9 Å². The lowest BCUT2D eigenvalue weighted by Gasteiger charge is -2.23. The van der Waals surface area contributed by atoms with Crippen molar-refractivity contribution in [1.82, 2.24) is 10.6 Å². The van der Waals surface area contributed by atoms with E-state index in [1.54, 1.807) is 0 Å². The summed E-state index contributed by atoms with van der Waals surface area (Å²) >= 11 is 0. The van der Waals surface area contributed by atoms with Gasteiger partial charge in [0.2, 0.25) is 5.91 Å². The molecule has 0 bridgehead atoms. The molecule has 3 N–H and O–H groups in total. The van der Waals surface area contributed by atoms with Crippen molar-refractivity contribution in [3.05, 3.63) is 0 Å². The van der Waals surface area contributed by atoms with E-state index in [9.17, 15) is 9.59 Å². The minimum absolute atomic E-state index is 0.00865. The molecule has 5 heteroatoms. The lowest BCUT2D eigenvalue weighted by atomic mass is 9.84. The molecule has 0 aliphatic carbocycles. The van der Waals surface area contributed by atoms with Crippen LogP contribution in [0.25, 0.3) is 0 Å². The van der Waals surface area contributed by atoms with Gasteiger partial charge in [0.25, 0.3) is 0 Å². The zero-order valence-corrected chi connectivity index (χ0v) is 11.7. The van der Waals surface area contributed by atoms with E-state index in [-0.39, 0.29) is 17.7 Å². The summed E-state index contributed by atoms with van der Waals surface area (Å²) in [7, 11) is 0. The van der Waals surface area contributed by atoms with Crippen LogP contribution in [-0.4, -0.2) is 36.6 Å². The van der Waals surface area contributed by atoms with Crippen molar-refractivity contribution in [1.29, 1.82) is 0 Å². The van der Waals surface area contributed by atoms with Crippen LogP contribution >= 0.6 is 0 Å². The summed E-state index contributed by atoms with van der Waals surface area (Å²) in [5, 5.41) is 14.5. The Kier molecular flexibility index (Phi) is 8.37. The molecule has 0 unspecified atom stereocenters. The highest BCUT2D eigenvalue weighted by molar-refractivity contribution is 5.77. The van der Waals surface area contributed by atoms with E-state index in [0.717, 1.165) is 19.4 Å². The topological polar surface area (TPSA) is 78.4 Å². The number of nitrogens with one attached hydrogen (secondary N) is 2. The number of carbonyl (C=O) groups excluding carboxylic acids is 1. The number of rotatable bonds is 10. The molecule has 0 aromatic rings. The van der Waals surface area contributed by atoms with E-state index >= 15 is 0 Å². The third-order valence-electron chi connectivity index (χ3n) is 2.85. The molecule has 1 amide bonds. The third kappa shape index (κ3) is 10.1. The number of aliphatic carboxylic acids is 1. The van der Waals surface area contributed by atoms with Gasteiger partial charge in [-0.25, -0.2) is 0 Å². The lowest BCUT2D eigenvalue weighted by molar-refractivity contribution is -0.137. The van der Waals surface area contributed by atoms with Gasteiger partial charge >= 0.3 is 5.97 Å². The summed E-state index contributed by atoms with van der Waals surface area (Å²) in [4.78, 5) is 21.8. The van der Waals surface area contributed by atoms with Gasteiger partial charge < -0.3 is 15.7 Å². The maximum Gasteiger partial charge on any atom is 0.303 e. The molecular formula is C13H26N2O3. The van der Waals surface area contributed by atoms with Crippen molar-refractivity contribution < 1.29 is 14.7 Å². The van der Waals surface area contributed by atoms with Crippen molar-refractivity contribution in [2.24, 2.45) is 5.41 Å². The normalized spacial score (nSPS) is 11.3. The number of carboxylic acids is 1. The highest BCUT2D eigenvalue weighted by Gasteiger charge is 2.18. The molecule has 0 heterocycles. The Hall–Kier alpha value is -1.10. The summed E-state index contributed by atoms with van der Waals surface area (Å²) in [6, 6.07) is 0. The van der Waals surface area contributed by atoms with Crippen molar-refractivity contribution in [2.45, 2.75) is 46.5 Å². The fraction of sp³-hybridized carbons (Fsp3) is 0.846. The summed E-state index contributed by atoms with van der Waals surface area (Å²) < 4.78 is 0. The SMILES string of the molecule is CCCNC(=O)CNCCC(C)(C)CCC(=O)O. The van der Waals surface area contributed by atoms with Crippen LogP contribution in [0.5, 0.6) is 0 Å². The first kappa shape index (κ1) is 16.9. The fourth-order valence-corrected chi connectivity index (χ4v) is 1.53. The summed E-state index contributed by atoms with van der Waals surface area (Å²) in [5.74, 6) is -0.741. The minimum atomic E-state index is -0.755. The highest BCUT2D eigenvalue weighted by atomic mass is 16.4. The zero-order chi connectivity index (χ0) is 14.0. The average Bonchev–Trinajstić information content (AvgIpc) is 2.30. The summed E-state index contributed by atoms with van der Waals surface area (Å²) in [6.07, 6.45) is 2.66. The zero-order valence-electron chi connectivity index (χ0n) is 11.7. The number of carbonyl (C=O) groups is 2. The predicted molar refractivity (Wildman–Crippen MR) is 71.4 cm³/mol. The standard InChI is InChI=1S/C13H26N2O3/c1-4-8-15-11(16)10-14-9-7-13(2,3)6-5-12(17)18/h14H,4-10H2,1-3H3,(H,15,16)(H,17,18). The molecule has 5 nitrogen and oxygen atoms in total. The van der Waals surface area contributed by atoms with Crippen molar-refractivity contribution in [3.8, 4) is 0 Å². The molecule has 0 saturated heterocycles. The predicted octanol–water partition coefficient (Wildman–Crippen LogP) is 1.38. The van der Waals surface area contributed by atoms with Crippen LogP contribution in [0.15, 0.2) is 0 Å². The monoisotopic (exact) mass is 258 g/mol. The van der Waals surface area contributed by atoms with Crippen LogP contribution in [0.2, 0.25) is 0 Å². The third-order valence-corrected chi connectivity index (χ3v) is 2.85. The molecule has 0 fully saturated rings. The quantitative estimate of drug-likeness (QED) is 0.517. The van der Waals surface area contributed by atoms with Crippen LogP contribution in [0.3, 0.4) is 0 Å². The molecule has 0 spiro atoms. The van der Waals surface area contributed by atoms with Gasteiger partial charge in [-0.1, -0.05) is 20.8 Å². The van der Waals surface area contributed by atoms with Crippen LogP contribution in [0.4, 0.5) is 0 Å². The first-order valence-corrected chi connectivity index (χ1v) is 6.56. The van der Waals surface area contributed by atoms with Crippen LogP contribution in [-0.2, 0) is 9.59 Å². The first-order valence-electron chi connectivity index (χ1n) is 6.56. The number of hydrogen-bond acceptors (Lipinski definition) is 3. The maximum absolute atomic E-state index is 11.3. The number of hydrogen-bond donors (Lipinski definition) is 3. The van der Waals surface area contributed by atoms with E-state index in [1.165, 1.54) is 0 Å². The van der Waals surface area contributed by atoms with Crippen LogP contribution in [0.1, 0.15) is 46.5 Å². The molecule has 0 atom stereocenters. The van der Waals surface area contributed by atoms with E-state index < -0.39 is 5.97 Å². The maximum atomic E-state index is 11.3. The Morgan fingerprint density at radius 3 is 2.39 bits per heavy atom. The smallest absolute Gasteiger partial charge is 0.303 e. The van der Waals surface area contributed by atoms with Gasteiger partial charge in [-0.05, 0) is 31.2 Å². The second-order valence-corrected chi connectivity index (χ2v) is 5.33. The van der Waals surface area contributed by atoms with Gasteiger partial charge in [0.15, 0.2) is 0 Å². The lowest BCUT2D eigenvalue weighted by Crippen LogP contribution is -2.35. The molecule has 18 heavy (non-hydrogen) atoms. The second-order valence-electron chi connectivity index (χ2n) is 5.33. The molecule has 0 rings (SSSR count). The minimum Gasteiger partial charge on any atom is -0.481 e. The van der Waals surface area contributed by atoms with Gasteiger partial charge in [0.05, 0.1) is 6.54 Å². The first-order chi connectivity index (χ1) is 8.37. The second kappa shape index (κ2) is 8.91. The van der Waals surface area contributed by atoms with E-state index in [2.05, 4.69) is 24.5 Å². The number of amides is 1. The molecule has 0 saturated carbocycles. The van der Waals surface area contributed by atoms with Crippen molar-refractivity contribution in [2.75, 3.05) is 19.6 Å². The van der Waals surface area contributed by atoms with E-state index in [4.69, 9.17) is 5.11 Å². The fourth-order valence-electron chi connectivity index (χ4n) is 1.53. The Balaban J connectivity index is 3.63. The van der Waals surface area contributed by atoms with Crippen LogP contribution < -0.4 is 10.6 Å². The highest BCUT2D eigenvalue weighted by Crippen LogP contribution is 2.25. The van der Waals surface area contributed by atoms with Crippen molar-refractivity contribution in [3.63, 3.8) is 0 Å².